The number of nitrogens with one attached hydrogen (secondary N) is 1. The molecule has 1 amide bonds. The van der Waals surface area contributed by atoms with Crippen molar-refractivity contribution in [2.45, 2.75) is 44.7 Å². The molecule has 1 N–H and O–H groups in total. The van der Waals surface area contributed by atoms with Gasteiger partial charge in [-0.05, 0) is 37.3 Å². The van der Waals surface area contributed by atoms with Gasteiger partial charge in [0.2, 0.25) is 5.03 Å². The second-order valence-electron chi connectivity index (χ2n) is 8.57. The van der Waals surface area contributed by atoms with Crippen LogP contribution in [0.4, 0.5) is 0 Å². The third-order valence-electron chi connectivity index (χ3n) is 4.95. The average Bonchev–Trinajstić information content (AvgIpc) is 3.17. The quantitative estimate of drug-likeness (QED) is 0.562. The van der Waals surface area contributed by atoms with E-state index >= 15 is 0 Å². The molecular weight excluding hydrogens is 444 g/mol. The summed E-state index contributed by atoms with van der Waals surface area (Å²) in [6.07, 6.45) is 1.84. The van der Waals surface area contributed by atoms with Crippen molar-refractivity contribution in [2.75, 3.05) is 14.2 Å². The number of aryl methyl sites for hydroxylation is 1. The first-order valence-electron chi connectivity index (χ1n) is 10.2. The molecule has 33 heavy (non-hydrogen) atoms. The number of hydrogen-bond acceptors (Lipinski definition) is 7. The number of ether oxygens (including phenoxy) is 2. The third-order valence-corrected chi connectivity index (χ3v) is 6.21. The maximum atomic E-state index is 13.0. The van der Waals surface area contributed by atoms with Crippen LogP contribution in [0, 0.1) is 6.92 Å². The normalized spacial score (nSPS) is 11.8. The minimum atomic E-state index is -4.30. The molecule has 9 nitrogen and oxygen atoms in total. The molecule has 0 aliphatic carbocycles. The van der Waals surface area contributed by atoms with Crippen LogP contribution in [-0.2, 0) is 22.0 Å². The fourth-order valence-corrected chi connectivity index (χ4v) is 4.26. The molecule has 0 fully saturated rings. The van der Waals surface area contributed by atoms with Crippen LogP contribution in [0.3, 0.4) is 0 Å². The summed E-state index contributed by atoms with van der Waals surface area (Å²) in [5.41, 5.74) is 1.96. The maximum absolute atomic E-state index is 13.0. The Morgan fingerprint density at radius 3 is 2.33 bits per heavy atom. The summed E-state index contributed by atoms with van der Waals surface area (Å²) in [5, 5.41) is 4.00. The van der Waals surface area contributed by atoms with E-state index in [1.807, 2.05) is 40.0 Å². The van der Waals surface area contributed by atoms with Crippen LogP contribution in [0.25, 0.3) is 0 Å². The molecule has 3 rings (SSSR count). The molecule has 0 atom stereocenters. The summed E-state index contributed by atoms with van der Waals surface area (Å²) in [4.78, 5) is 17.1. The van der Waals surface area contributed by atoms with E-state index in [2.05, 4.69) is 14.8 Å². The highest BCUT2D eigenvalue weighted by atomic mass is 32.2. The lowest BCUT2D eigenvalue weighted by molar-refractivity contribution is 0.0981. The predicted octanol–water partition coefficient (Wildman–Crippen LogP) is 3.07. The topological polar surface area (TPSA) is 112 Å². The highest BCUT2D eigenvalue weighted by molar-refractivity contribution is 7.90. The van der Waals surface area contributed by atoms with E-state index in [0.717, 1.165) is 11.3 Å². The molecule has 0 aliphatic heterocycles. The molecule has 0 radical (unpaired) electrons. The number of nitrogens with zero attached hydrogens (tertiary/aromatic N) is 3. The number of pyridine rings is 1. The van der Waals surface area contributed by atoms with Crippen LogP contribution < -0.4 is 14.2 Å². The van der Waals surface area contributed by atoms with Crippen molar-refractivity contribution in [3.63, 3.8) is 0 Å². The number of sulfonamides is 1. The SMILES string of the molecule is COc1cc(C(=O)NS(=O)(=O)c2nc(C(C)(C)C)ccc2OC)ccc1Cn1ccc(C)n1. The summed E-state index contributed by atoms with van der Waals surface area (Å²) in [7, 11) is -1.47. The van der Waals surface area contributed by atoms with E-state index in [1.54, 1.807) is 16.8 Å². The zero-order chi connectivity index (χ0) is 24.4. The highest BCUT2D eigenvalue weighted by Gasteiger charge is 2.28. The molecule has 176 valence electrons. The molecule has 0 saturated carbocycles. The van der Waals surface area contributed by atoms with Gasteiger partial charge in [-0.3, -0.25) is 9.48 Å². The van der Waals surface area contributed by atoms with Crippen LogP contribution in [0.2, 0.25) is 0 Å². The van der Waals surface area contributed by atoms with Gasteiger partial charge in [-0.1, -0.05) is 26.8 Å². The zero-order valence-electron chi connectivity index (χ0n) is 19.5. The second-order valence-corrected chi connectivity index (χ2v) is 10.2. The van der Waals surface area contributed by atoms with Crippen LogP contribution >= 0.6 is 0 Å². The molecule has 0 saturated heterocycles. The Balaban J connectivity index is 1.89. The number of methoxy groups -OCH3 is 2. The largest absolute Gasteiger partial charge is 0.496 e. The van der Waals surface area contributed by atoms with Crippen LogP contribution in [0.5, 0.6) is 11.5 Å². The van der Waals surface area contributed by atoms with Gasteiger partial charge >= 0.3 is 0 Å². The summed E-state index contributed by atoms with van der Waals surface area (Å²) < 4.78 is 40.5. The van der Waals surface area contributed by atoms with Crippen molar-refractivity contribution >= 4 is 15.9 Å². The lowest BCUT2D eigenvalue weighted by atomic mass is 9.92. The van der Waals surface area contributed by atoms with Gasteiger partial charge in [0.15, 0.2) is 5.75 Å². The van der Waals surface area contributed by atoms with Gasteiger partial charge in [-0.25, -0.2) is 9.71 Å². The zero-order valence-corrected chi connectivity index (χ0v) is 20.4. The molecule has 0 unspecified atom stereocenters. The Morgan fingerprint density at radius 1 is 1.06 bits per heavy atom. The molecule has 0 spiro atoms. The Morgan fingerprint density at radius 2 is 1.76 bits per heavy atom. The molecule has 2 aromatic heterocycles. The summed E-state index contributed by atoms with van der Waals surface area (Å²) >= 11 is 0. The number of aromatic nitrogens is 3. The van der Waals surface area contributed by atoms with E-state index in [-0.39, 0.29) is 16.3 Å². The van der Waals surface area contributed by atoms with Gasteiger partial charge in [0.1, 0.15) is 5.75 Å². The number of rotatable bonds is 7. The van der Waals surface area contributed by atoms with E-state index in [0.29, 0.717) is 18.0 Å². The van der Waals surface area contributed by atoms with E-state index in [4.69, 9.17) is 9.47 Å². The monoisotopic (exact) mass is 472 g/mol. The fraction of sp³-hybridized carbons (Fsp3) is 0.348. The molecular formula is C23H28N4O5S. The Hall–Kier alpha value is -3.40. The van der Waals surface area contributed by atoms with E-state index < -0.39 is 21.3 Å². The standard InChI is InChI=1S/C23H28N4O5S/c1-15-11-12-27(25-15)14-17-8-7-16(13-19(17)32-6)21(28)26-33(29,30)22-18(31-5)9-10-20(24-22)23(2,3)4/h7-13H,14H2,1-6H3,(H,26,28). The highest BCUT2D eigenvalue weighted by Crippen LogP contribution is 2.28. The van der Waals surface area contributed by atoms with Gasteiger partial charge in [-0.15, -0.1) is 0 Å². The number of hydrogen-bond donors (Lipinski definition) is 1. The van der Waals surface area contributed by atoms with Gasteiger partial charge in [0.05, 0.1) is 26.5 Å². The smallest absolute Gasteiger partial charge is 0.285 e. The minimum absolute atomic E-state index is 0.0470. The van der Waals surface area contributed by atoms with E-state index in [9.17, 15) is 13.2 Å². The van der Waals surface area contributed by atoms with Crippen LogP contribution in [0.15, 0.2) is 47.6 Å². The third kappa shape index (κ3) is 5.51. The van der Waals surface area contributed by atoms with Gasteiger partial charge in [0, 0.05) is 28.4 Å². The molecule has 10 heteroatoms. The van der Waals surface area contributed by atoms with Crippen molar-refractivity contribution < 1.29 is 22.7 Å². The second kappa shape index (κ2) is 9.22. The first-order chi connectivity index (χ1) is 15.4. The molecule has 0 bridgehead atoms. The number of carbonyl (C=O) groups is 1. The van der Waals surface area contributed by atoms with Gasteiger partial charge in [0.25, 0.3) is 15.9 Å². The summed E-state index contributed by atoms with van der Waals surface area (Å²) in [5.74, 6) is -0.316. The van der Waals surface area contributed by atoms with E-state index in [1.165, 1.54) is 32.4 Å². The number of amides is 1. The van der Waals surface area contributed by atoms with Crippen molar-refractivity contribution in [2.24, 2.45) is 0 Å². The Labute approximate surface area is 193 Å². The molecule has 1 aromatic carbocycles. The van der Waals surface area contributed by atoms with Crippen molar-refractivity contribution in [1.29, 1.82) is 0 Å². The summed E-state index contributed by atoms with van der Waals surface area (Å²) in [6.45, 7) is 8.07. The summed E-state index contributed by atoms with van der Waals surface area (Å²) in [6, 6.07) is 9.85. The first-order valence-corrected chi connectivity index (χ1v) is 11.7. The molecule has 3 aromatic rings. The van der Waals surface area contributed by atoms with Gasteiger partial charge < -0.3 is 9.47 Å². The van der Waals surface area contributed by atoms with Gasteiger partial charge in [-0.2, -0.15) is 13.5 Å². The van der Waals surface area contributed by atoms with Crippen LogP contribution in [0.1, 0.15) is 48.1 Å². The Bertz CT molecular complexity index is 1280. The van der Waals surface area contributed by atoms with Crippen LogP contribution in [-0.4, -0.2) is 43.3 Å². The number of benzene rings is 1. The first kappa shape index (κ1) is 24.2. The van der Waals surface area contributed by atoms with Crippen molar-refractivity contribution in [1.82, 2.24) is 19.5 Å². The minimum Gasteiger partial charge on any atom is -0.496 e. The Kier molecular flexibility index (Phi) is 6.78. The predicted molar refractivity (Wildman–Crippen MR) is 123 cm³/mol. The maximum Gasteiger partial charge on any atom is 0.285 e. The average molecular weight is 473 g/mol. The fourth-order valence-electron chi connectivity index (χ4n) is 3.16. The lowest BCUT2D eigenvalue weighted by Gasteiger charge is -2.19. The lowest BCUT2D eigenvalue weighted by Crippen LogP contribution is -2.32. The van der Waals surface area contributed by atoms with Crippen molar-refractivity contribution in [3.8, 4) is 11.5 Å². The molecule has 2 heterocycles. The molecule has 0 aliphatic rings. The van der Waals surface area contributed by atoms with Crippen molar-refractivity contribution in [3.05, 3.63) is 65.1 Å². The number of carbonyl (C=O) groups excluding carboxylic acids is 1.